The molecule has 0 radical (unpaired) electrons. The number of piperidine rings is 1. The minimum absolute atomic E-state index is 0.00247. The molecule has 1 atom stereocenters. The number of hydrogen-bond acceptors (Lipinski definition) is 5. The lowest BCUT2D eigenvalue weighted by atomic mass is 10.0. The van der Waals surface area contributed by atoms with Crippen molar-refractivity contribution in [3.63, 3.8) is 0 Å². The molecule has 0 spiro atoms. The minimum atomic E-state index is -0.472. The van der Waals surface area contributed by atoms with Crippen LogP contribution in [0.4, 0.5) is 0 Å². The molecule has 1 aromatic carbocycles. The summed E-state index contributed by atoms with van der Waals surface area (Å²) in [6.45, 7) is 4.95. The summed E-state index contributed by atoms with van der Waals surface area (Å²) in [6.07, 6.45) is 3.23. The molecule has 24 heavy (non-hydrogen) atoms. The van der Waals surface area contributed by atoms with E-state index >= 15 is 0 Å². The van der Waals surface area contributed by atoms with Crippen molar-refractivity contribution in [2.24, 2.45) is 0 Å². The first kappa shape index (κ1) is 18.1. The van der Waals surface area contributed by atoms with Gasteiger partial charge in [0.15, 0.2) is 18.1 Å². The standard InChI is InChI=1S/C18H25NO5/c1-4-23-16-11-14(8-9-15(16)24-12-17(20)22-3)18(21)19-10-6-5-7-13(19)2/h8-9,11,13H,4-7,10,12H2,1-3H3. The largest absolute Gasteiger partial charge is 0.490 e. The summed E-state index contributed by atoms with van der Waals surface area (Å²) in [6, 6.07) is 5.30. The quantitative estimate of drug-likeness (QED) is 0.748. The van der Waals surface area contributed by atoms with Crippen molar-refractivity contribution in [3.05, 3.63) is 23.8 Å². The number of carbonyl (C=O) groups excluding carboxylic acids is 2. The Labute approximate surface area is 142 Å². The number of benzene rings is 1. The van der Waals surface area contributed by atoms with E-state index in [0.717, 1.165) is 25.8 Å². The van der Waals surface area contributed by atoms with E-state index in [9.17, 15) is 9.59 Å². The summed E-state index contributed by atoms with van der Waals surface area (Å²) in [5.41, 5.74) is 0.567. The van der Waals surface area contributed by atoms with E-state index in [2.05, 4.69) is 11.7 Å². The van der Waals surface area contributed by atoms with Crippen LogP contribution in [0.3, 0.4) is 0 Å². The van der Waals surface area contributed by atoms with Gasteiger partial charge < -0.3 is 19.1 Å². The summed E-state index contributed by atoms with van der Waals surface area (Å²) in [7, 11) is 1.30. The predicted octanol–water partition coefficient (Wildman–Crippen LogP) is 2.65. The highest BCUT2D eigenvalue weighted by Crippen LogP contribution is 2.30. The Morgan fingerprint density at radius 3 is 2.67 bits per heavy atom. The lowest BCUT2D eigenvalue weighted by Gasteiger charge is -2.33. The maximum atomic E-state index is 12.7. The van der Waals surface area contributed by atoms with E-state index in [-0.39, 0.29) is 18.6 Å². The number of likely N-dealkylation sites (tertiary alicyclic amines) is 1. The van der Waals surface area contributed by atoms with Crippen molar-refractivity contribution in [1.29, 1.82) is 0 Å². The van der Waals surface area contributed by atoms with Crippen LogP contribution in [-0.4, -0.2) is 49.7 Å². The van der Waals surface area contributed by atoms with E-state index in [4.69, 9.17) is 9.47 Å². The van der Waals surface area contributed by atoms with Crippen molar-refractivity contribution in [3.8, 4) is 11.5 Å². The molecular formula is C18H25NO5. The summed E-state index contributed by atoms with van der Waals surface area (Å²) < 4.78 is 15.5. The van der Waals surface area contributed by atoms with Crippen LogP contribution in [0.5, 0.6) is 11.5 Å². The molecule has 1 unspecified atom stereocenters. The number of amides is 1. The third kappa shape index (κ3) is 4.40. The first-order chi connectivity index (χ1) is 11.6. The van der Waals surface area contributed by atoms with Gasteiger partial charge in [-0.05, 0) is 51.3 Å². The second kappa shape index (κ2) is 8.57. The molecule has 1 saturated heterocycles. The Morgan fingerprint density at radius 2 is 2.00 bits per heavy atom. The van der Waals surface area contributed by atoms with Crippen LogP contribution in [0.1, 0.15) is 43.5 Å². The molecule has 0 bridgehead atoms. The summed E-state index contributed by atoms with van der Waals surface area (Å²) in [5, 5.41) is 0. The maximum absolute atomic E-state index is 12.7. The van der Waals surface area contributed by atoms with Crippen LogP contribution in [0, 0.1) is 0 Å². The van der Waals surface area contributed by atoms with Crippen LogP contribution < -0.4 is 9.47 Å². The Bertz CT molecular complexity index is 587. The molecule has 0 aliphatic carbocycles. The predicted molar refractivity (Wildman–Crippen MR) is 89.5 cm³/mol. The molecule has 0 saturated carbocycles. The molecule has 0 N–H and O–H groups in total. The van der Waals surface area contributed by atoms with E-state index < -0.39 is 5.97 Å². The minimum Gasteiger partial charge on any atom is -0.490 e. The zero-order valence-corrected chi connectivity index (χ0v) is 14.5. The highest BCUT2D eigenvalue weighted by molar-refractivity contribution is 5.95. The molecule has 6 heteroatoms. The van der Waals surface area contributed by atoms with Gasteiger partial charge in [0.05, 0.1) is 13.7 Å². The molecule has 0 aromatic heterocycles. The van der Waals surface area contributed by atoms with Gasteiger partial charge in [0.1, 0.15) is 0 Å². The van der Waals surface area contributed by atoms with Gasteiger partial charge in [-0.15, -0.1) is 0 Å². The fraction of sp³-hybridized carbons (Fsp3) is 0.556. The summed E-state index contributed by atoms with van der Waals surface area (Å²) in [5.74, 6) is 0.407. The van der Waals surface area contributed by atoms with Crippen molar-refractivity contribution >= 4 is 11.9 Å². The third-order valence-electron chi connectivity index (χ3n) is 4.13. The zero-order chi connectivity index (χ0) is 17.5. The van der Waals surface area contributed by atoms with Crippen LogP contribution in [0.2, 0.25) is 0 Å². The van der Waals surface area contributed by atoms with Gasteiger partial charge in [-0.2, -0.15) is 0 Å². The van der Waals surface area contributed by atoms with Gasteiger partial charge in [-0.25, -0.2) is 4.79 Å². The van der Waals surface area contributed by atoms with E-state index in [0.29, 0.717) is 23.7 Å². The average Bonchev–Trinajstić information content (AvgIpc) is 2.60. The van der Waals surface area contributed by atoms with Crippen molar-refractivity contribution in [1.82, 2.24) is 4.90 Å². The fourth-order valence-corrected chi connectivity index (χ4v) is 2.79. The van der Waals surface area contributed by atoms with Crippen LogP contribution in [-0.2, 0) is 9.53 Å². The molecular weight excluding hydrogens is 310 g/mol. The molecule has 1 aliphatic heterocycles. The number of esters is 1. The van der Waals surface area contributed by atoms with Crippen LogP contribution in [0.15, 0.2) is 18.2 Å². The van der Waals surface area contributed by atoms with Crippen LogP contribution >= 0.6 is 0 Å². The average molecular weight is 335 g/mol. The third-order valence-corrected chi connectivity index (χ3v) is 4.13. The second-order valence-electron chi connectivity index (χ2n) is 5.80. The number of rotatable bonds is 6. The Kier molecular flexibility index (Phi) is 6.46. The Balaban J connectivity index is 2.17. The summed E-state index contributed by atoms with van der Waals surface area (Å²) in [4.78, 5) is 25.9. The van der Waals surface area contributed by atoms with Gasteiger partial charge in [0.2, 0.25) is 0 Å². The molecule has 1 heterocycles. The highest BCUT2D eigenvalue weighted by Gasteiger charge is 2.25. The van der Waals surface area contributed by atoms with Gasteiger partial charge in [-0.1, -0.05) is 0 Å². The molecule has 132 valence electrons. The van der Waals surface area contributed by atoms with Crippen molar-refractivity contribution in [2.75, 3.05) is 26.9 Å². The Hall–Kier alpha value is -2.24. The Morgan fingerprint density at radius 1 is 1.21 bits per heavy atom. The normalized spacial score (nSPS) is 17.3. The van der Waals surface area contributed by atoms with E-state index in [1.165, 1.54) is 7.11 Å². The maximum Gasteiger partial charge on any atom is 0.343 e. The molecule has 1 aliphatic rings. The first-order valence-corrected chi connectivity index (χ1v) is 8.34. The van der Waals surface area contributed by atoms with E-state index in [1.807, 2.05) is 11.8 Å². The monoisotopic (exact) mass is 335 g/mol. The van der Waals surface area contributed by atoms with Gasteiger partial charge >= 0.3 is 5.97 Å². The molecule has 1 fully saturated rings. The fourth-order valence-electron chi connectivity index (χ4n) is 2.79. The molecule has 1 amide bonds. The second-order valence-corrected chi connectivity index (χ2v) is 5.80. The number of carbonyl (C=O) groups is 2. The zero-order valence-electron chi connectivity index (χ0n) is 14.5. The van der Waals surface area contributed by atoms with Gasteiger partial charge in [-0.3, -0.25) is 4.79 Å². The molecule has 2 rings (SSSR count). The number of methoxy groups -OCH3 is 1. The van der Waals surface area contributed by atoms with Crippen molar-refractivity contribution in [2.45, 2.75) is 39.2 Å². The van der Waals surface area contributed by atoms with Crippen molar-refractivity contribution < 1.29 is 23.8 Å². The molecule has 6 nitrogen and oxygen atoms in total. The summed E-state index contributed by atoms with van der Waals surface area (Å²) >= 11 is 0. The lowest BCUT2D eigenvalue weighted by molar-refractivity contribution is -0.142. The van der Waals surface area contributed by atoms with E-state index in [1.54, 1.807) is 18.2 Å². The smallest absolute Gasteiger partial charge is 0.343 e. The lowest BCUT2D eigenvalue weighted by Crippen LogP contribution is -2.42. The SMILES string of the molecule is CCOc1cc(C(=O)N2CCCCC2C)ccc1OCC(=O)OC. The van der Waals surface area contributed by atoms with Gasteiger partial charge in [0.25, 0.3) is 5.91 Å². The topological polar surface area (TPSA) is 65.1 Å². The number of nitrogens with zero attached hydrogens (tertiary/aromatic N) is 1. The number of hydrogen-bond donors (Lipinski definition) is 0. The molecule has 1 aromatic rings. The number of ether oxygens (including phenoxy) is 3. The van der Waals surface area contributed by atoms with Gasteiger partial charge in [0, 0.05) is 18.2 Å². The van der Waals surface area contributed by atoms with Crippen LogP contribution in [0.25, 0.3) is 0 Å². The highest BCUT2D eigenvalue weighted by atomic mass is 16.6. The first-order valence-electron chi connectivity index (χ1n) is 8.34.